The molecule has 1 aliphatic rings. The number of phenolic OH excluding ortho intramolecular Hbond substituents is 2. The van der Waals surface area contributed by atoms with Crippen LogP contribution < -0.4 is 0 Å². The van der Waals surface area contributed by atoms with Gasteiger partial charge in [-0.2, -0.15) is 0 Å². The number of para-hydroxylation sites is 2. The summed E-state index contributed by atoms with van der Waals surface area (Å²) in [6, 6.07) is 14.6. The minimum atomic E-state index is 0. The van der Waals surface area contributed by atoms with E-state index < -0.39 is 0 Å². The first-order valence-corrected chi connectivity index (χ1v) is 8.36. The van der Waals surface area contributed by atoms with E-state index in [2.05, 4.69) is 9.98 Å². The molecule has 0 heterocycles. The summed E-state index contributed by atoms with van der Waals surface area (Å²) in [6.07, 6.45) is 7.76. The summed E-state index contributed by atoms with van der Waals surface area (Å²) < 4.78 is 0. The Kier molecular flexibility index (Phi) is 9.09. The van der Waals surface area contributed by atoms with Gasteiger partial charge in [-0.3, -0.25) is 9.98 Å². The van der Waals surface area contributed by atoms with Gasteiger partial charge in [0.05, 0.1) is 12.1 Å². The van der Waals surface area contributed by atoms with Gasteiger partial charge in [0.1, 0.15) is 11.5 Å². The Morgan fingerprint density at radius 3 is 1.50 bits per heavy atom. The van der Waals surface area contributed by atoms with E-state index in [0.717, 1.165) is 36.8 Å². The summed E-state index contributed by atoms with van der Waals surface area (Å²) in [6.45, 7) is 0. The van der Waals surface area contributed by atoms with Crippen molar-refractivity contribution in [1.82, 2.24) is 0 Å². The van der Waals surface area contributed by atoms with E-state index in [1.165, 1.54) is 0 Å². The molecule has 0 amide bonds. The summed E-state index contributed by atoms with van der Waals surface area (Å²) in [5.74, 6) is 0.484. The zero-order valence-electron chi connectivity index (χ0n) is 14.9. The fourth-order valence-electron chi connectivity index (χ4n) is 2.98. The molecule has 2 atom stereocenters. The predicted octanol–water partition coefficient (Wildman–Crippen LogP) is 4.39. The zero-order valence-corrected chi connectivity index (χ0v) is 15.9. The third kappa shape index (κ3) is 5.71. The van der Waals surface area contributed by atoms with Gasteiger partial charge in [0.2, 0.25) is 0 Å². The molecule has 2 aromatic carbocycles. The van der Waals surface area contributed by atoms with Gasteiger partial charge in [-0.15, -0.1) is 0 Å². The quantitative estimate of drug-likeness (QED) is 0.595. The van der Waals surface area contributed by atoms with Gasteiger partial charge in [-0.25, -0.2) is 0 Å². The molecular formula is C21H25CoN2O2-. The minimum Gasteiger partial charge on any atom is -0.507 e. The molecule has 3 rings (SSSR count). The molecule has 0 bridgehead atoms. The molecule has 0 saturated heterocycles. The fraction of sp³-hybridized carbons (Fsp3) is 0.286. The number of aliphatic imine (C=N–C) groups is 2. The number of phenols is 2. The molecule has 26 heavy (non-hydrogen) atoms. The van der Waals surface area contributed by atoms with Crippen molar-refractivity contribution in [2.24, 2.45) is 9.98 Å². The van der Waals surface area contributed by atoms with E-state index in [0.29, 0.717) is 0 Å². The Hall–Kier alpha value is -2.11. The summed E-state index contributed by atoms with van der Waals surface area (Å²) in [7, 11) is 0. The topological polar surface area (TPSA) is 65.2 Å². The number of hydrogen-bond acceptors (Lipinski definition) is 4. The van der Waals surface area contributed by atoms with E-state index >= 15 is 0 Å². The Balaban J connectivity index is 0.00000169. The van der Waals surface area contributed by atoms with Crippen LogP contribution in [-0.2, 0) is 16.8 Å². The van der Waals surface area contributed by atoms with Crippen LogP contribution in [0.1, 0.15) is 36.8 Å². The van der Waals surface area contributed by atoms with Crippen LogP contribution in [0.3, 0.4) is 0 Å². The van der Waals surface area contributed by atoms with Gasteiger partial charge in [0, 0.05) is 40.3 Å². The average molecular weight is 396 g/mol. The molecule has 1 fully saturated rings. The van der Waals surface area contributed by atoms with Crippen molar-refractivity contribution in [2.75, 3.05) is 0 Å². The normalized spacial score (nSPS) is 19.8. The average Bonchev–Trinajstić information content (AvgIpc) is 2.61. The van der Waals surface area contributed by atoms with Crippen molar-refractivity contribution in [3.05, 3.63) is 67.1 Å². The summed E-state index contributed by atoms with van der Waals surface area (Å²) >= 11 is 0. The van der Waals surface area contributed by atoms with Crippen molar-refractivity contribution < 1.29 is 27.0 Å². The smallest absolute Gasteiger partial charge is 0.124 e. The molecule has 1 saturated carbocycles. The predicted molar refractivity (Wildman–Crippen MR) is 104 cm³/mol. The van der Waals surface area contributed by atoms with E-state index in [1.807, 2.05) is 24.3 Å². The maximum atomic E-state index is 9.84. The summed E-state index contributed by atoms with van der Waals surface area (Å²) in [4.78, 5) is 9.34. The van der Waals surface area contributed by atoms with Crippen LogP contribution >= 0.6 is 0 Å². The second-order valence-electron chi connectivity index (χ2n) is 6.09. The van der Waals surface area contributed by atoms with Crippen molar-refractivity contribution >= 4 is 12.4 Å². The first kappa shape index (κ1) is 21.9. The third-order valence-corrected chi connectivity index (χ3v) is 4.38. The van der Waals surface area contributed by atoms with Crippen LogP contribution in [0, 0.1) is 7.43 Å². The van der Waals surface area contributed by atoms with Crippen molar-refractivity contribution in [3.8, 4) is 11.5 Å². The van der Waals surface area contributed by atoms with Crippen LogP contribution in [0.25, 0.3) is 0 Å². The van der Waals surface area contributed by atoms with Crippen LogP contribution in [0.2, 0.25) is 0 Å². The molecule has 0 spiro atoms. The molecule has 1 aliphatic carbocycles. The third-order valence-electron chi connectivity index (χ3n) is 4.38. The van der Waals surface area contributed by atoms with E-state index in [-0.39, 0.29) is 47.8 Å². The number of nitrogens with zero attached hydrogens (tertiary/aromatic N) is 2. The van der Waals surface area contributed by atoms with Crippen LogP contribution in [-0.4, -0.2) is 34.7 Å². The SMILES string of the molecule is Oc1ccccc1C=NC1CCCCC1N=Cc1ccccc1O.[CH3-].[Co]. The van der Waals surface area contributed by atoms with Crippen LogP contribution in [0.5, 0.6) is 11.5 Å². The molecule has 0 aliphatic heterocycles. The maximum Gasteiger partial charge on any atom is 0.124 e. The Morgan fingerprint density at radius 1 is 0.731 bits per heavy atom. The first-order chi connectivity index (χ1) is 11.7. The molecule has 2 aromatic rings. The number of rotatable bonds is 4. The molecule has 2 unspecified atom stereocenters. The summed E-state index contributed by atoms with van der Waals surface area (Å²) in [5, 5.41) is 19.7. The van der Waals surface area contributed by atoms with Crippen molar-refractivity contribution in [3.63, 3.8) is 0 Å². The number of benzene rings is 2. The minimum absolute atomic E-state index is 0. The molecule has 0 aromatic heterocycles. The largest absolute Gasteiger partial charge is 0.507 e. The standard InChI is InChI=1S/C20H22N2O2.CH3.Co/c23-19-11-5-1-7-15(19)13-21-17-9-3-4-10-18(17)22-14-16-8-2-6-12-20(16)24;;/h1-2,5-8,11-14,17-18,23-24H,3-4,9-10H2;1H3;/q;-1;. The molecule has 141 valence electrons. The van der Waals surface area contributed by atoms with Crippen molar-refractivity contribution in [1.29, 1.82) is 0 Å². The van der Waals surface area contributed by atoms with E-state index in [9.17, 15) is 10.2 Å². The second kappa shape index (κ2) is 10.8. The molecule has 2 N–H and O–H groups in total. The fourth-order valence-corrected chi connectivity index (χ4v) is 2.98. The van der Waals surface area contributed by atoms with Gasteiger partial charge in [-0.05, 0) is 37.1 Å². The molecule has 4 nitrogen and oxygen atoms in total. The van der Waals surface area contributed by atoms with Gasteiger partial charge in [0.15, 0.2) is 0 Å². The second-order valence-corrected chi connectivity index (χ2v) is 6.09. The van der Waals surface area contributed by atoms with Gasteiger partial charge in [-0.1, -0.05) is 37.1 Å². The molecule has 5 heteroatoms. The first-order valence-electron chi connectivity index (χ1n) is 8.36. The Morgan fingerprint density at radius 2 is 1.12 bits per heavy atom. The zero-order chi connectivity index (χ0) is 16.8. The van der Waals surface area contributed by atoms with Crippen LogP contribution in [0.4, 0.5) is 0 Å². The Labute approximate surface area is 165 Å². The van der Waals surface area contributed by atoms with Gasteiger partial charge in [0.25, 0.3) is 0 Å². The molecular weight excluding hydrogens is 371 g/mol. The Bertz CT molecular complexity index is 683. The van der Waals surface area contributed by atoms with E-state index in [4.69, 9.17) is 0 Å². The number of aromatic hydroxyl groups is 2. The molecule has 1 radical (unpaired) electrons. The number of hydrogen-bond donors (Lipinski definition) is 2. The van der Waals surface area contributed by atoms with Crippen LogP contribution in [0.15, 0.2) is 58.5 Å². The monoisotopic (exact) mass is 396 g/mol. The maximum absolute atomic E-state index is 9.84. The van der Waals surface area contributed by atoms with Gasteiger partial charge >= 0.3 is 0 Å². The summed E-state index contributed by atoms with van der Waals surface area (Å²) in [5.41, 5.74) is 1.46. The van der Waals surface area contributed by atoms with E-state index in [1.54, 1.807) is 36.7 Å². The van der Waals surface area contributed by atoms with Crippen molar-refractivity contribution in [2.45, 2.75) is 37.8 Å². The van der Waals surface area contributed by atoms with Gasteiger partial charge < -0.3 is 17.6 Å².